The first-order chi connectivity index (χ1) is 8.24. The molecule has 0 aromatic heterocycles. The first-order valence-corrected chi connectivity index (χ1v) is 5.25. The molecule has 1 aromatic carbocycles. The van der Waals surface area contributed by atoms with Crippen LogP contribution in [-0.4, -0.2) is 25.2 Å². The molecule has 0 atom stereocenters. The molecule has 0 saturated heterocycles. The number of halogens is 3. The van der Waals surface area contributed by atoms with Gasteiger partial charge in [-0.2, -0.15) is 13.2 Å². The molecule has 1 rings (SSSR count). The topological polar surface area (TPSA) is 72.3 Å². The maximum atomic E-state index is 12.4. The minimum atomic E-state index is -4.32. The fraction of sp³-hybridized carbons (Fsp3) is 0.364. The molecular formula is C11H14F3N3O. The van der Waals surface area contributed by atoms with Gasteiger partial charge in [0, 0.05) is 17.9 Å². The molecule has 100 valence electrons. The van der Waals surface area contributed by atoms with E-state index in [9.17, 15) is 18.0 Å². The van der Waals surface area contributed by atoms with E-state index < -0.39 is 18.6 Å². The third-order valence-electron chi connectivity index (χ3n) is 2.42. The van der Waals surface area contributed by atoms with Gasteiger partial charge in [0.2, 0.25) is 0 Å². The number of nitrogens with zero attached hydrogens (tertiary/aromatic N) is 1. The molecule has 1 aromatic rings. The van der Waals surface area contributed by atoms with Crippen LogP contribution in [-0.2, 0) is 0 Å². The van der Waals surface area contributed by atoms with Gasteiger partial charge in [0.05, 0.1) is 5.56 Å². The van der Waals surface area contributed by atoms with Crippen molar-refractivity contribution in [3.63, 3.8) is 0 Å². The zero-order chi connectivity index (χ0) is 13.9. The van der Waals surface area contributed by atoms with E-state index in [0.29, 0.717) is 0 Å². The molecule has 0 saturated carbocycles. The summed E-state index contributed by atoms with van der Waals surface area (Å²) >= 11 is 0. The first-order valence-electron chi connectivity index (χ1n) is 5.25. The highest BCUT2D eigenvalue weighted by atomic mass is 19.4. The van der Waals surface area contributed by atoms with Crippen molar-refractivity contribution >= 4 is 17.3 Å². The first kappa shape index (κ1) is 14.1. The number of nitrogens with two attached hydrogens (primary N) is 2. The van der Waals surface area contributed by atoms with E-state index in [1.54, 1.807) is 6.92 Å². The number of carbonyl (C=O) groups excluding carboxylic acids is 1. The van der Waals surface area contributed by atoms with E-state index in [4.69, 9.17) is 11.5 Å². The Morgan fingerprint density at radius 1 is 1.39 bits per heavy atom. The minimum absolute atomic E-state index is 0.0214. The van der Waals surface area contributed by atoms with Gasteiger partial charge < -0.3 is 16.4 Å². The number of primary amides is 1. The van der Waals surface area contributed by atoms with Crippen molar-refractivity contribution in [3.8, 4) is 0 Å². The molecule has 0 aliphatic rings. The monoisotopic (exact) mass is 261 g/mol. The predicted molar refractivity (Wildman–Crippen MR) is 63.3 cm³/mol. The summed E-state index contributed by atoms with van der Waals surface area (Å²) in [5.74, 6) is -0.766. The standard InChI is InChI=1S/C11H14F3N3O/c1-2-17(6-11(12,13)14)7-3-4-9(15)8(5-7)10(16)18/h3-5H,2,6,15H2,1H3,(H2,16,18). The second kappa shape index (κ2) is 5.16. The van der Waals surface area contributed by atoms with E-state index in [-0.39, 0.29) is 23.5 Å². The Hall–Kier alpha value is -1.92. The highest BCUT2D eigenvalue weighted by Crippen LogP contribution is 2.25. The van der Waals surface area contributed by atoms with Gasteiger partial charge in [-0.25, -0.2) is 0 Å². The molecule has 4 nitrogen and oxygen atoms in total. The lowest BCUT2D eigenvalue weighted by Gasteiger charge is -2.25. The average Bonchev–Trinajstić information content (AvgIpc) is 2.25. The van der Waals surface area contributed by atoms with Crippen LogP contribution >= 0.6 is 0 Å². The van der Waals surface area contributed by atoms with E-state index in [1.807, 2.05) is 0 Å². The van der Waals surface area contributed by atoms with Gasteiger partial charge in [0.15, 0.2) is 0 Å². The maximum Gasteiger partial charge on any atom is 0.405 e. The Balaban J connectivity index is 3.07. The lowest BCUT2D eigenvalue weighted by Crippen LogP contribution is -2.34. The van der Waals surface area contributed by atoms with Gasteiger partial charge in [-0.1, -0.05) is 0 Å². The minimum Gasteiger partial charge on any atom is -0.398 e. The maximum absolute atomic E-state index is 12.4. The molecule has 0 unspecified atom stereocenters. The number of benzene rings is 1. The largest absolute Gasteiger partial charge is 0.405 e. The van der Waals surface area contributed by atoms with Crippen molar-refractivity contribution in [2.24, 2.45) is 5.73 Å². The van der Waals surface area contributed by atoms with Crippen molar-refractivity contribution in [1.29, 1.82) is 0 Å². The molecule has 0 bridgehead atoms. The molecule has 1 amide bonds. The second-order valence-electron chi connectivity index (χ2n) is 3.77. The molecule has 0 aliphatic carbocycles. The summed E-state index contributed by atoms with van der Waals surface area (Å²) in [4.78, 5) is 12.2. The van der Waals surface area contributed by atoms with Crippen LogP contribution in [0.3, 0.4) is 0 Å². The summed E-state index contributed by atoms with van der Waals surface area (Å²) in [6, 6.07) is 4.07. The SMILES string of the molecule is CCN(CC(F)(F)F)c1ccc(N)c(C(N)=O)c1. The number of hydrogen-bond acceptors (Lipinski definition) is 3. The second-order valence-corrected chi connectivity index (χ2v) is 3.77. The van der Waals surface area contributed by atoms with Crippen LogP contribution < -0.4 is 16.4 Å². The fourth-order valence-electron chi connectivity index (χ4n) is 1.56. The zero-order valence-electron chi connectivity index (χ0n) is 9.79. The number of rotatable bonds is 4. The Morgan fingerprint density at radius 2 is 2.00 bits per heavy atom. The number of amides is 1. The van der Waals surface area contributed by atoms with Crippen LogP contribution in [0.2, 0.25) is 0 Å². The third-order valence-corrected chi connectivity index (χ3v) is 2.42. The van der Waals surface area contributed by atoms with Crippen LogP contribution in [0.15, 0.2) is 18.2 Å². The summed E-state index contributed by atoms with van der Waals surface area (Å²) in [7, 11) is 0. The van der Waals surface area contributed by atoms with Crippen molar-refractivity contribution in [3.05, 3.63) is 23.8 Å². The van der Waals surface area contributed by atoms with E-state index >= 15 is 0 Å². The molecule has 0 spiro atoms. The highest BCUT2D eigenvalue weighted by Gasteiger charge is 2.30. The molecule has 4 N–H and O–H groups in total. The number of alkyl halides is 3. The fourth-order valence-corrected chi connectivity index (χ4v) is 1.56. The van der Waals surface area contributed by atoms with Crippen LogP contribution in [0, 0.1) is 0 Å². The third kappa shape index (κ3) is 3.54. The Kier molecular flexibility index (Phi) is 4.05. The summed E-state index contributed by atoms with van der Waals surface area (Å²) in [6.07, 6.45) is -4.32. The van der Waals surface area contributed by atoms with Crippen LogP contribution in [0.25, 0.3) is 0 Å². The van der Waals surface area contributed by atoms with Crippen molar-refractivity contribution in [2.45, 2.75) is 13.1 Å². The van der Waals surface area contributed by atoms with Crippen LogP contribution in [0.1, 0.15) is 17.3 Å². The molecule has 0 heterocycles. The lowest BCUT2D eigenvalue weighted by atomic mass is 10.1. The molecule has 0 fully saturated rings. The van der Waals surface area contributed by atoms with Gasteiger partial charge in [0.25, 0.3) is 5.91 Å². The van der Waals surface area contributed by atoms with Gasteiger partial charge in [-0.3, -0.25) is 4.79 Å². The van der Waals surface area contributed by atoms with Gasteiger partial charge in [-0.15, -0.1) is 0 Å². The van der Waals surface area contributed by atoms with Gasteiger partial charge >= 0.3 is 6.18 Å². The van der Waals surface area contributed by atoms with E-state index in [2.05, 4.69) is 0 Å². The van der Waals surface area contributed by atoms with Crippen molar-refractivity contribution in [1.82, 2.24) is 0 Å². The lowest BCUT2D eigenvalue weighted by molar-refractivity contribution is -0.119. The van der Waals surface area contributed by atoms with Crippen LogP contribution in [0.4, 0.5) is 24.5 Å². The summed E-state index contributed by atoms with van der Waals surface area (Å²) in [6.45, 7) is 0.652. The van der Waals surface area contributed by atoms with E-state index in [0.717, 1.165) is 4.90 Å². The summed E-state index contributed by atoms with van der Waals surface area (Å²) in [5.41, 5.74) is 11.0. The molecule has 18 heavy (non-hydrogen) atoms. The Bertz CT molecular complexity index is 446. The molecular weight excluding hydrogens is 247 g/mol. The molecule has 0 aliphatic heterocycles. The Morgan fingerprint density at radius 3 is 2.44 bits per heavy atom. The van der Waals surface area contributed by atoms with Crippen LogP contribution in [0.5, 0.6) is 0 Å². The number of hydrogen-bond donors (Lipinski definition) is 2. The van der Waals surface area contributed by atoms with Gasteiger partial charge in [-0.05, 0) is 25.1 Å². The average molecular weight is 261 g/mol. The smallest absolute Gasteiger partial charge is 0.398 e. The number of anilines is 2. The van der Waals surface area contributed by atoms with Crippen molar-refractivity contribution < 1.29 is 18.0 Å². The number of nitrogen functional groups attached to an aromatic ring is 1. The van der Waals surface area contributed by atoms with Gasteiger partial charge in [0.1, 0.15) is 6.54 Å². The van der Waals surface area contributed by atoms with E-state index in [1.165, 1.54) is 18.2 Å². The highest BCUT2D eigenvalue weighted by molar-refractivity contribution is 5.99. The molecule has 7 heteroatoms. The quantitative estimate of drug-likeness (QED) is 0.811. The summed E-state index contributed by atoms with van der Waals surface area (Å²) in [5, 5.41) is 0. The molecule has 0 radical (unpaired) electrons. The Labute approximate surface area is 102 Å². The van der Waals surface area contributed by atoms with Crippen molar-refractivity contribution in [2.75, 3.05) is 23.7 Å². The number of carbonyl (C=O) groups is 1. The summed E-state index contributed by atoms with van der Waals surface area (Å²) < 4.78 is 37.1. The zero-order valence-corrected chi connectivity index (χ0v) is 9.79. The normalized spacial score (nSPS) is 11.3. The predicted octanol–water partition coefficient (Wildman–Crippen LogP) is 1.76.